The van der Waals surface area contributed by atoms with Crippen molar-refractivity contribution < 1.29 is 9.47 Å². The minimum Gasteiger partial charge on any atom is -0.487 e. The normalized spacial score (nSPS) is 19.5. The van der Waals surface area contributed by atoms with Gasteiger partial charge < -0.3 is 20.5 Å². The highest BCUT2D eigenvalue weighted by Crippen LogP contribution is 2.45. The molecule has 1 aromatic heterocycles. The SMILES string of the molecule is NC[C@H]1CC[C@H](n2cc3c(nc2=O)Nc2c(OCc4ccccc4)cccc2O3)CC1. The van der Waals surface area contributed by atoms with Gasteiger partial charge in [0, 0.05) is 6.04 Å². The second-order valence-electron chi connectivity index (χ2n) is 8.18. The number of nitrogens with zero attached hydrogens (tertiary/aromatic N) is 2. The van der Waals surface area contributed by atoms with E-state index in [0.717, 1.165) is 31.2 Å². The summed E-state index contributed by atoms with van der Waals surface area (Å²) >= 11 is 0. The van der Waals surface area contributed by atoms with Gasteiger partial charge in [-0.1, -0.05) is 36.4 Å². The van der Waals surface area contributed by atoms with Crippen LogP contribution in [0.15, 0.2) is 59.5 Å². The summed E-state index contributed by atoms with van der Waals surface area (Å²) in [7, 11) is 0. The van der Waals surface area contributed by atoms with E-state index in [2.05, 4.69) is 10.3 Å². The molecule has 2 aromatic carbocycles. The van der Waals surface area contributed by atoms with Gasteiger partial charge in [-0.15, -0.1) is 0 Å². The van der Waals surface area contributed by atoms with E-state index in [1.807, 2.05) is 48.5 Å². The van der Waals surface area contributed by atoms with Gasteiger partial charge in [0.25, 0.3) is 0 Å². The molecule has 0 saturated heterocycles. The second-order valence-corrected chi connectivity index (χ2v) is 8.18. The van der Waals surface area contributed by atoms with Crippen molar-refractivity contribution in [1.29, 1.82) is 0 Å². The summed E-state index contributed by atoms with van der Waals surface area (Å²) < 4.78 is 13.8. The molecule has 0 spiro atoms. The second kappa shape index (κ2) is 8.43. The Morgan fingerprint density at radius 1 is 1.06 bits per heavy atom. The average Bonchev–Trinajstić information content (AvgIpc) is 2.82. The van der Waals surface area contributed by atoms with E-state index in [1.54, 1.807) is 10.8 Å². The highest BCUT2D eigenvalue weighted by molar-refractivity contribution is 5.77. The lowest BCUT2D eigenvalue weighted by molar-refractivity contribution is 0.271. The van der Waals surface area contributed by atoms with Gasteiger partial charge in [0.1, 0.15) is 18.0 Å². The molecular formula is C24H26N4O3. The first-order chi connectivity index (χ1) is 15.2. The zero-order valence-corrected chi connectivity index (χ0v) is 17.3. The largest absolute Gasteiger partial charge is 0.487 e. The molecule has 0 atom stereocenters. The Kier molecular flexibility index (Phi) is 5.34. The lowest BCUT2D eigenvalue weighted by Crippen LogP contribution is -2.31. The standard InChI is InChI=1S/C24H26N4O3/c25-13-16-9-11-18(12-10-16)28-14-21-23(27-24(28)29)26-22-19(7-4-8-20(22)31-21)30-15-17-5-2-1-3-6-17/h1-8,14,16,18H,9-13,15,25H2,(H,26,27,29)/t16-,18-. The molecule has 0 amide bonds. The minimum absolute atomic E-state index is 0.138. The number of anilines is 2. The van der Waals surface area contributed by atoms with Crippen molar-refractivity contribution in [3.63, 3.8) is 0 Å². The molecule has 0 bridgehead atoms. The van der Waals surface area contributed by atoms with Gasteiger partial charge in [-0.25, -0.2) is 4.79 Å². The number of benzene rings is 2. The molecule has 3 aromatic rings. The van der Waals surface area contributed by atoms with E-state index >= 15 is 0 Å². The Morgan fingerprint density at radius 3 is 2.65 bits per heavy atom. The molecule has 5 rings (SSSR count). The lowest BCUT2D eigenvalue weighted by atomic mass is 9.86. The van der Waals surface area contributed by atoms with Crippen LogP contribution < -0.4 is 26.2 Å². The molecule has 0 radical (unpaired) electrons. The fourth-order valence-corrected chi connectivity index (χ4v) is 4.35. The number of hydrogen-bond donors (Lipinski definition) is 2. The number of hydrogen-bond acceptors (Lipinski definition) is 6. The van der Waals surface area contributed by atoms with Crippen LogP contribution in [0, 0.1) is 5.92 Å². The summed E-state index contributed by atoms with van der Waals surface area (Å²) in [4.78, 5) is 17.0. The molecule has 1 aliphatic carbocycles. The summed E-state index contributed by atoms with van der Waals surface area (Å²) in [5, 5.41) is 3.24. The molecule has 160 valence electrons. The fraction of sp³-hybridized carbons (Fsp3) is 0.333. The van der Waals surface area contributed by atoms with Gasteiger partial charge in [-0.2, -0.15) is 4.98 Å². The Morgan fingerprint density at radius 2 is 1.87 bits per heavy atom. The predicted octanol–water partition coefficient (Wildman–Crippen LogP) is 4.36. The van der Waals surface area contributed by atoms with Crippen LogP contribution in [-0.2, 0) is 6.61 Å². The zero-order chi connectivity index (χ0) is 21.2. The maximum Gasteiger partial charge on any atom is 0.350 e. The van der Waals surface area contributed by atoms with Gasteiger partial charge in [0.15, 0.2) is 17.3 Å². The van der Waals surface area contributed by atoms with E-state index in [1.165, 1.54) is 0 Å². The molecule has 3 N–H and O–H groups in total. The zero-order valence-electron chi connectivity index (χ0n) is 17.3. The van der Waals surface area contributed by atoms with Crippen LogP contribution in [0.1, 0.15) is 37.3 Å². The molecule has 1 saturated carbocycles. The van der Waals surface area contributed by atoms with Gasteiger partial charge >= 0.3 is 5.69 Å². The van der Waals surface area contributed by atoms with E-state index in [0.29, 0.717) is 47.8 Å². The van der Waals surface area contributed by atoms with Gasteiger partial charge in [-0.3, -0.25) is 4.57 Å². The molecule has 1 aliphatic heterocycles. The Balaban J connectivity index is 1.37. The maximum absolute atomic E-state index is 12.7. The van der Waals surface area contributed by atoms with Crippen molar-refractivity contribution >= 4 is 11.5 Å². The third kappa shape index (κ3) is 4.01. The van der Waals surface area contributed by atoms with E-state index in [4.69, 9.17) is 15.2 Å². The van der Waals surface area contributed by atoms with Gasteiger partial charge in [-0.05, 0) is 55.8 Å². The van der Waals surface area contributed by atoms with E-state index in [-0.39, 0.29) is 11.7 Å². The summed E-state index contributed by atoms with van der Waals surface area (Å²) in [6, 6.07) is 15.7. The number of nitrogens with one attached hydrogen (secondary N) is 1. The smallest absolute Gasteiger partial charge is 0.350 e. The van der Waals surface area contributed by atoms with Crippen LogP contribution in [-0.4, -0.2) is 16.1 Å². The number of ether oxygens (including phenoxy) is 2. The van der Waals surface area contributed by atoms with Gasteiger partial charge in [0.05, 0.1) is 6.20 Å². The summed E-state index contributed by atoms with van der Waals surface area (Å²) in [6.45, 7) is 1.15. The van der Waals surface area contributed by atoms with Gasteiger partial charge in [0.2, 0.25) is 0 Å². The highest BCUT2D eigenvalue weighted by Gasteiger charge is 2.26. The third-order valence-corrected chi connectivity index (χ3v) is 6.15. The molecule has 1 fully saturated rings. The van der Waals surface area contributed by atoms with E-state index in [9.17, 15) is 4.79 Å². The summed E-state index contributed by atoms with van der Waals surface area (Å²) in [5.41, 5.74) is 7.29. The fourth-order valence-electron chi connectivity index (χ4n) is 4.35. The van der Waals surface area contributed by atoms with Crippen LogP contribution in [0.25, 0.3) is 0 Å². The van der Waals surface area contributed by atoms with Crippen molar-refractivity contribution in [2.24, 2.45) is 11.7 Å². The first-order valence-electron chi connectivity index (χ1n) is 10.8. The third-order valence-electron chi connectivity index (χ3n) is 6.15. The topological polar surface area (TPSA) is 91.4 Å². The highest BCUT2D eigenvalue weighted by atomic mass is 16.5. The molecule has 0 unspecified atom stereocenters. The lowest BCUT2D eigenvalue weighted by Gasteiger charge is -2.30. The maximum atomic E-state index is 12.7. The van der Waals surface area contributed by atoms with E-state index < -0.39 is 0 Å². The predicted molar refractivity (Wildman–Crippen MR) is 119 cm³/mol. The number of aromatic nitrogens is 2. The number of para-hydroxylation sites is 1. The Bertz CT molecular complexity index is 1120. The van der Waals surface area contributed by atoms with Crippen molar-refractivity contribution in [3.8, 4) is 17.2 Å². The van der Waals surface area contributed by atoms with Crippen LogP contribution in [0.2, 0.25) is 0 Å². The van der Waals surface area contributed by atoms with Crippen LogP contribution >= 0.6 is 0 Å². The molecule has 7 nitrogen and oxygen atoms in total. The van der Waals surface area contributed by atoms with Crippen molar-refractivity contribution in [1.82, 2.24) is 9.55 Å². The van der Waals surface area contributed by atoms with Crippen LogP contribution in [0.3, 0.4) is 0 Å². The van der Waals surface area contributed by atoms with Crippen molar-refractivity contribution in [3.05, 3.63) is 70.8 Å². The summed E-state index contributed by atoms with van der Waals surface area (Å²) in [5.74, 6) is 2.82. The minimum atomic E-state index is -0.266. The molecule has 2 aliphatic rings. The Hall–Kier alpha value is -3.32. The number of rotatable bonds is 5. The number of fused-ring (bicyclic) bond motifs is 2. The monoisotopic (exact) mass is 418 g/mol. The first-order valence-corrected chi connectivity index (χ1v) is 10.8. The summed E-state index contributed by atoms with van der Waals surface area (Å²) in [6.07, 6.45) is 5.72. The quantitative estimate of drug-likeness (QED) is 0.500. The molecule has 7 heteroatoms. The first kappa shape index (κ1) is 19.6. The molecule has 31 heavy (non-hydrogen) atoms. The van der Waals surface area contributed by atoms with Crippen LogP contribution in [0.4, 0.5) is 11.5 Å². The van der Waals surface area contributed by atoms with Crippen LogP contribution in [0.5, 0.6) is 17.2 Å². The number of nitrogens with two attached hydrogens (primary N) is 1. The van der Waals surface area contributed by atoms with Crippen molar-refractivity contribution in [2.75, 3.05) is 11.9 Å². The average molecular weight is 418 g/mol. The Labute approximate surface area is 180 Å². The van der Waals surface area contributed by atoms with Crippen molar-refractivity contribution in [2.45, 2.75) is 38.3 Å². The molecular weight excluding hydrogens is 392 g/mol. The molecule has 2 heterocycles.